The molecule has 0 spiro atoms. The Labute approximate surface area is 215 Å². The van der Waals surface area contributed by atoms with Crippen LogP contribution in [0.2, 0.25) is 0 Å². The SMILES string of the molecule is CC(C)(C)C=O.COCC(CSCc1ccc(OC)cc1)NC(=O)c1cc2cccc([N+](=O)[O-])c2[nH]1. The van der Waals surface area contributed by atoms with Gasteiger partial charge in [0.05, 0.1) is 24.7 Å². The van der Waals surface area contributed by atoms with E-state index in [-0.39, 0.29) is 28.7 Å². The molecule has 0 aliphatic rings. The normalized spacial score (nSPS) is 11.8. The van der Waals surface area contributed by atoms with Gasteiger partial charge in [0.15, 0.2) is 0 Å². The van der Waals surface area contributed by atoms with Crippen molar-refractivity contribution < 1.29 is 24.0 Å². The van der Waals surface area contributed by atoms with Crippen LogP contribution in [0.1, 0.15) is 36.8 Å². The van der Waals surface area contributed by atoms with Crippen LogP contribution in [0.15, 0.2) is 48.5 Å². The molecule has 1 heterocycles. The summed E-state index contributed by atoms with van der Waals surface area (Å²) in [6.07, 6.45) is 0.938. The average Bonchev–Trinajstić information content (AvgIpc) is 3.29. The lowest BCUT2D eigenvalue weighted by atomic mass is 10.0. The van der Waals surface area contributed by atoms with E-state index in [4.69, 9.17) is 9.47 Å². The molecular weight excluding hydrogens is 482 g/mol. The van der Waals surface area contributed by atoms with Gasteiger partial charge in [-0.3, -0.25) is 14.9 Å². The van der Waals surface area contributed by atoms with Crippen LogP contribution in [0.25, 0.3) is 10.9 Å². The van der Waals surface area contributed by atoms with Gasteiger partial charge in [-0.25, -0.2) is 0 Å². The van der Waals surface area contributed by atoms with Crippen LogP contribution in [0, 0.1) is 15.5 Å². The van der Waals surface area contributed by atoms with Crippen LogP contribution < -0.4 is 10.1 Å². The van der Waals surface area contributed by atoms with Crippen LogP contribution in [-0.2, 0) is 15.3 Å². The topological polar surface area (TPSA) is 124 Å². The number of non-ortho nitro benzene ring substituents is 1. The summed E-state index contributed by atoms with van der Waals surface area (Å²) in [6, 6.07) is 14.0. The number of nitro groups is 1. The molecule has 2 aromatic carbocycles. The third-order valence-corrected chi connectivity index (χ3v) is 6.05. The Bertz CT molecular complexity index is 1150. The number of fused-ring (bicyclic) bond motifs is 1. The number of nitro benzene ring substituents is 1. The number of hydrogen-bond donors (Lipinski definition) is 2. The fourth-order valence-corrected chi connectivity index (χ4v) is 4.06. The summed E-state index contributed by atoms with van der Waals surface area (Å²) in [6.45, 7) is 5.99. The first kappa shape index (κ1) is 28.9. The molecule has 36 heavy (non-hydrogen) atoms. The summed E-state index contributed by atoms with van der Waals surface area (Å²) < 4.78 is 10.4. The standard InChI is InChI=1S/C21H23N3O5S.C5H10O/c1-28-11-16(13-30-12-14-6-8-17(29-2)9-7-14)22-21(25)18-10-15-4-3-5-19(24(26)27)20(15)23-18;1-5(2,3)4-6/h3-10,16,23H,11-13H2,1-2H3,(H,22,25);4H,1-3H3. The van der Waals surface area contributed by atoms with Crippen molar-refractivity contribution in [1.29, 1.82) is 0 Å². The van der Waals surface area contributed by atoms with Crippen molar-refractivity contribution in [2.24, 2.45) is 5.41 Å². The van der Waals surface area contributed by atoms with Crippen molar-refractivity contribution in [3.05, 3.63) is 69.9 Å². The van der Waals surface area contributed by atoms with Gasteiger partial charge in [-0.05, 0) is 23.8 Å². The zero-order valence-electron chi connectivity index (χ0n) is 21.2. The lowest BCUT2D eigenvalue weighted by molar-refractivity contribution is -0.383. The first-order chi connectivity index (χ1) is 17.1. The summed E-state index contributed by atoms with van der Waals surface area (Å²) in [7, 11) is 3.22. The molecule has 9 nitrogen and oxygen atoms in total. The number of ether oxygens (including phenoxy) is 2. The number of nitrogens with zero attached hydrogens (tertiary/aromatic N) is 1. The quantitative estimate of drug-likeness (QED) is 0.221. The number of nitrogens with one attached hydrogen (secondary N) is 2. The van der Waals surface area contributed by atoms with E-state index in [1.165, 1.54) is 6.07 Å². The number of methoxy groups -OCH3 is 2. The molecular formula is C26H33N3O6S. The predicted octanol–water partition coefficient (Wildman–Crippen LogP) is 4.99. The number of para-hydroxylation sites is 1. The highest BCUT2D eigenvalue weighted by Gasteiger charge is 2.19. The molecule has 0 saturated heterocycles. The highest BCUT2D eigenvalue weighted by atomic mass is 32.2. The number of aldehydes is 1. The molecule has 10 heteroatoms. The third-order valence-electron chi connectivity index (χ3n) is 4.88. The molecule has 3 aromatic rings. The summed E-state index contributed by atoms with van der Waals surface area (Å²) in [4.78, 5) is 36.1. The second kappa shape index (κ2) is 13.6. The Kier molecular flexibility index (Phi) is 10.9. The maximum Gasteiger partial charge on any atom is 0.293 e. The highest BCUT2D eigenvalue weighted by molar-refractivity contribution is 7.98. The Morgan fingerprint density at radius 2 is 1.86 bits per heavy atom. The molecule has 2 N–H and O–H groups in total. The zero-order chi connectivity index (χ0) is 26.7. The third kappa shape index (κ3) is 9.01. The molecule has 0 fully saturated rings. The van der Waals surface area contributed by atoms with Gasteiger partial charge in [-0.1, -0.05) is 45.0 Å². The first-order valence-electron chi connectivity index (χ1n) is 11.3. The number of rotatable bonds is 10. The van der Waals surface area contributed by atoms with Crippen LogP contribution in [-0.4, -0.2) is 54.7 Å². The maximum absolute atomic E-state index is 12.7. The van der Waals surface area contributed by atoms with E-state index in [9.17, 15) is 19.7 Å². The van der Waals surface area contributed by atoms with Gasteiger partial charge in [-0.2, -0.15) is 11.8 Å². The van der Waals surface area contributed by atoms with Gasteiger partial charge in [0.2, 0.25) is 0 Å². The smallest absolute Gasteiger partial charge is 0.293 e. The van der Waals surface area contributed by atoms with E-state index in [0.29, 0.717) is 23.3 Å². The lowest BCUT2D eigenvalue weighted by Gasteiger charge is -2.17. The van der Waals surface area contributed by atoms with Crippen molar-refractivity contribution in [2.45, 2.75) is 32.6 Å². The summed E-state index contributed by atoms with van der Waals surface area (Å²) >= 11 is 1.68. The molecule has 1 unspecified atom stereocenters. The monoisotopic (exact) mass is 515 g/mol. The molecule has 1 atom stereocenters. The van der Waals surface area contributed by atoms with E-state index in [1.54, 1.807) is 44.2 Å². The van der Waals surface area contributed by atoms with Gasteiger partial charge in [0.25, 0.3) is 11.6 Å². The van der Waals surface area contributed by atoms with Crippen molar-refractivity contribution in [3.8, 4) is 5.75 Å². The van der Waals surface area contributed by atoms with E-state index in [1.807, 2.05) is 45.0 Å². The first-order valence-corrected chi connectivity index (χ1v) is 12.5. The van der Waals surface area contributed by atoms with Crippen LogP contribution in [0.4, 0.5) is 5.69 Å². The number of hydrogen-bond acceptors (Lipinski definition) is 7. The molecule has 0 saturated carbocycles. The van der Waals surface area contributed by atoms with Crippen LogP contribution >= 0.6 is 11.8 Å². The Morgan fingerprint density at radius 3 is 2.42 bits per heavy atom. The minimum absolute atomic E-state index is 0.0601. The fourth-order valence-electron chi connectivity index (χ4n) is 3.05. The molecule has 1 aromatic heterocycles. The van der Waals surface area contributed by atoms with E-state index >= 15 is 0 Å². The van der Waals surface area contributed by atoms with Gasteiger partial charge in [-0.15, -0.1) is 0 Å². The van der Waals surface area contributed by atoms with E-state index < -0.39 is 4.92 Å². The number of aromatic amines is 1. The predicted molar refractivity (Wildman–Crippen MR) is 143 cm³/mol. The van der Waals surface area contributed by atoms with E-state index in [0.717, 1.165) is 23.4 Å². The van der Waals surface area contributed by atoms with E-state index in [2.05, 4.69) is 10.3 Å². The second-order valence-electron chi connectivity index (χ2n) is 9.15. The fraction of sp³-hybridized carbons (Fsp3) is 0.385. The summed E-state index contributed by atoms with van der Waals surface area (Å²) in [5.74, 6) is 1.93. The number of thioether (sulfide) groups is 1. The number of carbonyl (C=O) groups excluding carboxylic acids is 2. The van der Waals surface area contributed by atoms with Crippen molar-refractivity contribution in [1.82, 2.24) is 10.3 Å². The van der Waals surface area contributed by atoms with Gasteiger partial charge >= 0.3 is 0 Å². The summed E-state index contributed by atoms with van der Waals surface area (Å²) in [5, 5.41) is 14.7. The average molecular weight is 516 g/mol. The molecule has 194 valence electrons. The van der Waals surface area contributed by atoms with Crippen LogP contribution in [0.3, 0.4) is 0 Å². The van der Waals surface area contributed by atoms with Crippen molar-refractivity contribution in [2.75, 3.05) is 26.6 Å². The largest absolute Gasteiger partial charge is 0.497 e. The van der Waals surface area contributed by atoms with Crippen LogP contribution in [0.5, 0.6) is 5.75 Å². The number of benzene rings is 2. The molecule has 0 aliphatic heterocycles. The highest BCUT2D eigenvalue weighted by Crippen LogP contribution is 2.25. The number of amides is 1. The van der Waals surface area contributed by atoms with Gasteiger partial charge in [0.1, 0.15) is 23.2 Å². The molecule has 3 rings (SSSR count). The Morgan fingerprint density at radius 1 is 1.19 bits per heavy atom. The zero-order valence-corrected chi connectivity index (χ0v) is 22.0. The second-order valence-corrected chi connectivity index (χ2v) is 10.2. The molecule has 0 bridgehead atoms. The lowest BCUT2D eigenvalue weighted by Crippen LogP contribution is -2.40. The van der Waals surface area contributed by atoms with Crippen molar-refractivity contribution >= 4 is 40.5 Å². The maximum atomic E-state index is 12.7. The van der Waals surface area contributed by atoms with Crippen molar-refractivity contribution in [3.63, 3.8) is 0 Å². The molecule has 1 amide bonds. The summed E-state index contributed by atoms with van der Waals surface area (Å²) in [5.41, 5.74) is 1.58. The minimum Gasteiger partial charge on any atom is -0.497 e. The molecule has 0 aliphatic carbocycles. The number of carbonyl (C=O) groups is 2. The minimum atomic E-state index is -0.468. The van der Waals surface area contributed by atoms with Gasteiger partial charge in [0, 0.05) is 35.5 Å². The number of aromatic nitrogens is 1. The number of H-pyrrole nitrogens is 1. The van der Waals surface area contributed by atoms with Gasteiger partial charge < -0.3 is 24.6 Å². The Hall–Kier alpha value is -3.37. The molecule has 0 radical (unpaired) electrons. The Balaban J connectivity index is 0.000000678.